The van der Waals surface area contributed by atoms with E-state index < -0.39 is 0 Å². The fourth-order valence-electron chi connectivity index (χ4n) is 5.10. The Morgan fingerprint density at radius 3 is 2.67 bits per heavy atom. The van der Waals surface area contributed by atoms with Crippen LogP contribution in [0.2, 0.25) is 0 Å². The number of piperidine rings is 1. The van der Waals surface area contributed by atoms with Crippen molar-refractivity contribution in [2.45, 2.75) is 65.2 Å². The molecule has 1 fully saturated rings. The van der Waals surface area contributed by atoms with Crippen LogP contribution < -0.4 is 10.1 Å². The van der Waals surface area contributed by atoms with Crippen molar-refractivity contribution in [2.75, 3.05) is 26.2 Å². The van der Waals surface area contributed by atoms with E-state index in [1.807, 2.05) is 43.0 Å². The van der Waals surface area contributed by atoms with Gasteiger partial charge in [-0.1, -0.05) is 30.1 Å². The van der Waals surface area contributed by atoms with Crippen LogP contribution in [0.4, 0.5) is 0 Å². The van der Waals surface area contributed by atoms with E-state index in [1.165, 1.54) is 0 Å². The van der Waals surface area contributed by atoms with Crippen molar-refractivity contribution in [3.05, 3.63) is 46.8 Å². The van der Waals surface area contributed by atoms with Crippen LogP contribution in [0, 0.1) is 19.3 Å². The Bertz CT molecular complexity index is 956. The van der Waals surface area contributed by atoms with Gasteiger partial charge in [0, 0.05) is 31.6 Å². The monoisotopic (exact) mass is 453 g/mol. The van der Waals surface area contributed by atoms with Crippen molar-refractivity contribution in [1.82, 2.24) is 15.4 Å². The van der Waals surface area contributed by atoms with Gasteiger partial charge in [0.2, 0.25) is 5.91 Å². The highest BCUT2D eigenvalue weighted by Crippen LogP contribution is 2.37. The number of aryl methyl sites for hydroxylation is 2. The maximum absolute atomic E-state index is 12.9. The van der Waals surface area contributed by atoms with Crippen LogP contribution in [0.15, 0.2) is 28.8 Å². The number of likely N-dealkylation sites (tertiary alicyclic amines) is 1. The molecular formula is C26H35N3O4. The van der Waals surface area contributed by atoms with E-state index in [2.05, 4.69) is 10.5 Å². The third-order valence-corrected chi connectivity index (χ3v) is 7.31. The molecule has 0 saturated carbocycles. The molecule has 3 heterocycles. The number of benzene rings is 1. The summed E-state index contributed by atoms with van der Waals surface area (Å²) in [5, 5.41) is 7.16. The number of ether oxygens (including phenoxy) is 1. The second-order valence-corrected chi connectivity index (χ2v) is 9.52. The van der Waals surface area contributed by atoms with Gasteiger partial charge in [-0.25, -0.2) is 0 Å². The van der Waals surface area contributed by atoms with E-state index in [0.717, 1.165) is 68.6 Å². The molecule has 7 heteroatoms. The first kappa shape index (κ1) is 23.3. The Hall–Kier alpha value is -2.83. The highest BCUT2D eigenvalue weighted by Gasteiger charge is 2.36. The fourth-order valence-corrected chi connectivity index (χ4v) is 5.10. The lowest BCUT2D eigenvalue weighted by Gasteiger charge is -2.42. The van der Waals surface area contributed by atoms with E-state index in [-0.39, 0.29) is 17.2 Å². The molecule has 0 bridgehead atoms. The van der Waals surface area contributed by atoms with Crippen LogP contribution in [0.1, 0.15) is 72.3 Å². The smallest absolute Gasteiger partial charge is 0.255 e. The second kappa shape index (κ2) is 10.4. The average molecular weight is 454 g/mol. The van der Waals surface area contributed by atoms with Crippen molar-refractivity contribution in [3.63, 3.8) is 0 Å². The lowest BCUT2D eigenvalue weighted by Crippen LogP contribution is -2.48. The van der Waals surface area contributed by atoms with Crippen molar-refractivity contribution in [1.29, 1.82) is 0 Å². The molecule has 1 N–H and O–H groups in total. The summed E-state index contributed by atoms with van der Waals surface area (Å²) >= 11 is 0. The van der Waals surface area contributed by atoms with Crippen LogP contribution in [-0.2, 0) is 11.2 Å². The maximum Gasteiger partial charge on any atom is 0.255 e. The summed E-state index contributed by atoms with van der Waals surface area (Å²) in [5.74, 6) is 1.56. The molecule has 1 aromatic carbocycles. The first-order valence-corrected chi connectivity index (χ1v) is 12.2. The third kappa shape index (κ3) is 5.57. The number of nitrogens with one attached hydrogen (secondary N) is 1. The molecule has 1 aromatic heterocycles. The zero-order valence-electron chi connectivity index (χ0n) is 19.8. The van der Waals surface area contributed by atoms with Gasteiger partial charge < -0.3 is 19.5 Å². The topological polar surface area (TPSA) is 84.7 Å². The molecule has 0 aliphatic carbocycles. The Balaban J connectivity index is 1.36. The lowest BCUT2D eigenvalue weighted by atomic mass is 9.74. The van der Waals surface area contributed by atoms with E-state index in [0.29, 0.717) is 37.3 Å². The largest absolute Gasteiger partial charge is 0.493 e. The second-order valence-electron chi connectivity index (χ2n) is 9.52. The molecule has 4 rings (SSSR count). The minimum absolute atomic E-state index is 0.0447. The zero-order chi connectivity index (χ0) is 23.3. The van der Waals surface area contributed by atoms with Crippen LogP contribution in [0.25, 0.3) is 0 Å². The molecule has 178 valence electrons. The van der Waals surface area contributed by atoms with Gasteiger partial charge in [0.25, 0.3) is 5.91 Å². The molecule has 2 aromatic rings. The molecular weight excluding hydrogens is 418 g/mol. The first-order chi connectivity index (χ1) is 16.0. The maximum atomic E-state index is 12.9. The molecule has 2 aliphatic rings. The van der Waals surface area contributed by atoms with Crippen molar-refractivity contribution in [2.24, 2.45) is 5.41 Å². The van der Waals surface area contributed by atoms with Gasteiger partial charge in [-0.15, -0.1) is 0 Å². The number of carbonyl (C=O) groups excluding carboxylic acids is 2. The normalized spacial score (nSPS) is 19.1. The van der Waals surface area contributed by atoms with E-state index in [1.54, 1.807) is 0 Å². The molecule has 2 aliphatic heterocycles. The quantitative estimate of drug-likeness (QED) is 0.752. The standard InChI is InChI=1S/C26H35N3O4/c1-19-21(20(2)33-28-19)10-11-24(30)29-15-13-26(14-16-29)12-6-3-7-17-32-23-9-5-4-8-22(23)25(31)27-18-26/h4-5,8-9H,3,6-7,10-18H2,1-2H3,(H,27,31). The van der Waals surface area contributed by atoms with E-state index in [4.69, 9.17) is 9.26 Å². The number of nitrogens with zero attached hydrogens (tertiary/aromatic N) is 2. The number of aromatic nitrogens is 1. The van der Waals surface area contributed by atoms with Crippen molar-refractivity contribution >= 4 is 11.8 Å². The predicted molar refractivity (Wildman–Crippen MR) is 125 cm³/mol. The summed E-state index contributed by atoms with van der Waals surface area (Å²) in [6.45, 7) is 6.58. The summed E-state index contributed by atoms with van der Waals surface area (Å²) in [6.07, 6.45) is 7.25. The number of hydrogen-bond donors (Lipinski definition) is 1. The van der Waals surface area contributed by atoms with Gasteiger partial charge in [0.05, 0.1) is 17.9 Å². The van der Waals surface area contributed by atoms with Crippen LogP contribution >= 0.6 is 0 Å². The molecule has 2 amide bonds. The van der Waals surface area contributed by atoms with E-state index in [9.17, 15) is 9.59 Å². The number of carbonyl (C=O) groups is 2. The van der Waals surface area contributed by atoms with Crippen LogP contribution in [-0.4, -0.2) is 48.1 Å². The third-order valence-electron chi connectivity index (χ3n) is 7.31. The van der Waals surface area contributed by atoms with Gasteiger partial charge in [0.15, 0.2) is 0 Å². The Kier molecular flexibility index (Phi) is 7.36. The summed E-state index contributed by atoms with van der Waals surface area (Å²) < 4.78 is 11.1. The minimum Gasteiger partial charge on any atom is -0.493 e. The summed E-state index contributed by atoms with van der Waals surface area (Å²) in [7, 11) is 0. The molecule has 0 atom stereocenters. The Morgan fingerprint density at radius 1 is 1.12 bits per heavy atom. The van der Waals surface area contributed by atoms with Gasteiger partial charge >= 0.3 is 0 Å². The van der Waals surface area contributed by atoms with Crippen molar-refractivity contribution < 1.29 is 18.8 Å². The van der Waals surface area contributed by atoms with Gasteiger partial charge in [-0.05, 0) is 63.5 Å². The number of para-hydroxylation sites is 1. The molecule has 0 unspecified atom stereocenters. The first-order valence-electron chi connectivity index (χ1n) is 12.2. The van der Waals surface area contributed by atoms with Gasteiger partial charge in [0.1, 0.15) is 11.5 Å². The molecule has 33 heavy (non-hydrogen) atoms. The highest BCUT2D eigenvalue weighted by molar-refractivity contribution is 5.96. The number of fused-ring (bicyclic) bond motifs is 1. The highest BCUT2D eigenvalue weighted by atomic mass is 16.5. The molecule has 1 saturated heterocycles. The van der Waals surface area contributed by atoms with Crippen LogP contribution in [0.3, 0.4) is 0 Å². The number of amides is 2. The average Bonchev–Trinajstić information content (AvgIpc) is 3.15. The van der Waals surface area contributed by atoms with Gasteiger partial charge in [-0.3, -0.25) is 9.59 Å². The lowest BCUT2D eigenvalue weighted by molar-refractivity contribution is -0.133. The summed E-state index contributed by atoms with van der Waals surface area (Å²) in [6, 6.07) is 7.46. The minimum atomic E-state index is -0.0801. The predicted octanol–water partition coefficient (Wildman–Crippen LogP) is 4.22. The van der Waals surface area contributed by atoms with E-state index >= 15 is 0 Å². The molecule has 0 radical (unpaired) electrons. The Labute approximate surface area is 195 Å². The molecule has 1 spiro atoms. The SMILES string of the molecule is Cc1noc(C)c1CCC(=O)N1CCC2(CCCCCOc3ccccc3C(=O)NC2)CC1. The fraction of sp³-hybridized carbons (Fsp3) is 0.577. The summed E-state index contributed by atoms with van der Waals surface area (Å²) in [5.41, 5.74) is 2.56. The number of rotatable bonds is 3. The molecule has 7 nitrogen and oxygen atoms in total. The summed E-state index contributed by atoms with van der Waals surface area (Å²) in [4.78, 5) is 27.8. The Morgan fingerprint density at radius 2 is 1.91 bits per heavy atom. The van der Waals surface area contributed by atoms with Crippen LogP contribution in [0.5, 0.6) is 5.75 Å². The van der Waals surface area contributed by atoms with Crippen molar-refractivity contribution in [3.8, 4) is 5.75 Å². The number of hydrogen-bond acceptors (Lipinski definition) is 5. The van der Waals surface area contributed by atoms with Gasteiger partial charge in [-0.2, -0.15) is 0 Å². The zero-order valence-corrected chi connectivity index (χ0v) is 19.8.